The van der Waals surface area contributed by atoms with E-state index in [2.05, 4.69) is 9.47 Å². The molecule has 0 aromatic heterocycles. The van der Waals surface area contributed by atoms with Crippen LogP contribution in [0.4, 0.5) is 0 Å². The van der Waals surface area contributed by atoms with Gasteiger partial charge in [-0.05, 0) is 26.2 Å². The number of hydrogen-bond acceptors (Lipinski definition) is 6. The molecule has 0 aliphatic carbocycles. The Kier molecular flexibility index (Phi) is 17.4. The summed E-state index contributed by atoms with van der Waals surface area (Å²) in [5.74, 6) is -1.50. The number of rotatable bonds is 8. The van der Waals surface area contributed by atoms with Gasteiger partial charge in [-0.25, -0.2) is 0 Å². The molecule has 0 bridgehead atoms. The fourth-order valence-corrected chi connectivity index (χ4v) is 1.50. The van der Waals surface area contributed by atoms with Crippen LogP contribution in [0, 0.1) is 0 Å². The van der Waals surface area contributed by atoms with Crippen LogP contribution in [0.1, 0.15) is 27.7 Å². The van der Waals surface area contributed by atoms with E-state index in [4.69, 9.17) is 10.2 Å². The number of carboxylic acid groups (broad SMARTS) is 2. The summed E-state index contributed by atoms with van der Waals surface area (Å²) < 4.78 is 9.17. The van der Waals surface area contributed by atoms with Gasteiger partial charge in [0.15, 0.2) is 0 Å². The van der Waals surface area contributed by atoms with Gasteiger partial charge in [0.05, 0.1) is 13.1 Å². The third-order valence-electron chi connectivity index (χ3n) is 2.93. The first-order chi connectivity index (χ1) is 11.4. The normalized spacial score (nSPS) is 11.6. The molecule has 1 rings (SSSR count). The van der Waals surface area contributed by atoms with Crippen LogP contribution in [0.2, 0.25) is 0 Å². The third kappa shape index (κ3) is 18.0. The molecule has 1 aliphatic heterocycles. The van der Waals surface area contributed by atoms with Crippen molar-refractivity contribution in [3.05, 3.63) is 25.0 Å². The zero-order valence-corrected chi connectivity index (χ0v) is 15.0. The van der Waals surface area contributed by atoms with Crippen LogP contribution in [-0.2, 0) is 19.1 Å². The standard InChI is InChI=1S/2C6H13NO2.C4H4O2/c2*1-3-7(4-2)5-6(8)9;1-2-6-4-3-5-1/h2*3-5H2,1-2H3,(H,8,9);1-4H. The first kappa shape index (κ1) is 24.2. The van der Waals surface area contributed by atoms with Gasteiger partial charge in [0, 0.05) is 0 Å². The Labute approximate surface area is 143 Å². The predicted molar refractivity (Wildman–Crippen MR) is 91.3 cm³/mol. The van der Waals surface area contributed by atoms with Crippen molar-refractivity contribution >= 4 is 11.9 Å². The van der Waals surface area contributed by atoms with E-state index in [9.17, 15) is 9.59 Å². The van der Waals surface area contributed by atoms with Crippen LogP contribution in [-0.4, -0.2) is 71.2 Å². The number of carbonyl (C=O) groups is 2. The Morgan fingerprint density at radius 1 is 0.708 bits per heavy atom. The molecule has 0 saturated heterocycles. The minimum Gasteiger partial charge on any atom is -0.480 e. The number of aliphatic carboxylic acids is 2. The van der Waals surface area contributed by atoms with E-state index in [1.54, 1.807) is 0 Å². The molecule has 0 saturated carbocycles. The second-order valence-electron chi connectivity index (χ2n) is 4.53. The van der Waals surface area contributed by atoms with Crippen molar-refractivity contribution in [2.45, 2.75) is 27.7 Å². The van der Waals surface area contributed by atoms with E-state index in [1.807, 2.05) is 37.5 Å². The molecule has 0 unspecified atom stereocenters. The molecule has 8 heteroatoms. The number of nitrogens with zero attached hydrogens (tertiary/aromatic N) is 2. The third-order valence-corrected chi connectivity index (χ3v) is 2.93. The minimum absolute atomic E-state index is 0.160. The van der Waals surface area contributed by atoms with Gasteiger partial charge >= 0.3 is 11.9 Å². The van der Waals surface area contributed by atoms with Crippen LogP contribution < -0.4 is 0 Å². The molecule has 24 heavy (non-hydrogen) atoms. The summed E-state index contributed by atoms with van der Waals surface area (Å²) in [6.45, 7) is 11.4. The second kappa shape index (κ2) is 17.3. The number of likely N-dealkylation sites (N-methyl/N-ethyl adjacent to an activating group) is 2. The molecular weight excluding hydrogens is 316 g/mol. The van der Waals surface area contributed by atoms with E-state index >= 15 is 0 Å². The van der Waals surface area contributed by atoms with Crippen molar-refractivity contribution in [2.75, 3.05) is 39.3 Å². The molecule has 0 fully saturated rings. The molecule has 0 radical (unpaired) electrons. The SMILES string of the molecule is C1=COC=CO1.CCN(CC)CC(=O)O.CCN(CC)CC(=O)O. The maximum absolute atomic E-state index is 10.1. The van der Waals surface area contributed by atoms with Gasteiger partial charge in [0.25, 0.3) is 0 Å². The average Bonchev–Trinajstić information content (AvgIpc) is 2.59. The lowest BCUT2D eigenvalue weighted by molar-refractivity contribution is -0.139. The summed E-state index contributed by atoms with van der Waals surface area (Å²) in [6.07, 6.45) is 5.83. The minimum atomic E-state index is -0.751. The maximum Gasteiger partial charge on any atom is 0.317 e. The highest BCUT2D eigenvalue weighted by Gasteiger charge is 2.03. The molecule has 0 atom stereocenters. The van der Waals surface area contributed by atoms with E-state index in [0.29, 0.717) is 0 Å². The van der Waals surface area contributed by atoms with Crippen LogP contribution >= 0.6 is 0 Å². The van der Waals surface area contributed by atoms with Crippen LogP contribution in [0.25, 0.3) is 0 Å². The molecule has 8 nitrogen and oxygen atoms in total. The lowest BCUT2D eigenvalue weighted by Gasteiger charge is -2.13. The molecular formula is C16H30N2O6. The van der Waals surface area contributed by atoms with Gasteiger partial charge in [-0.15, -0.1) is 0 Å². The summed E-state index contributed by atoms with van der Waals surface area (Å²) >= 11 is 0. The van der Waals surface area contributed by atoms with E-state index in [1.165, 1.54) is 25.0 Å². The summed E-state index contributed by atoms with van der Waals surface area (Å²) in [7, 11) is 0. The monoisotopic (exact) mass is 346 g/mol. The number of ether oxygens (including phenoxy) is 2. The van der Waals surface area contributed by atoms with Crippen LogP contribution in [0.5, 0.6) is 0 Å². The maximum atomic E-state index is 10.1. The molecule has 0 spiro atoms. The Bertz CT molecular complexity index is 333. The van der Waals surface area contributed by atoms with E-state index < -0.39 is 11.9 Å². The molecule has 2 N–H and O–H groups in total. The van der Waals surface area contributed by atoms with Crippen molar-refractivity contribution in [2.24, 2.45) is 0 Å². The van der Waals surface area contributed by atoms with Crippen molar-refractivity contribution in [1.82, 2.24) is 9.80 Å². The largest absolute Gasteiger partial charge is 0.480 e. The first-order valence-electron chi connectivity index (χ1n) is 7.90. The zero-order chi connectivity index (χ0) is 18.8. The van der Waals surface area contributed by atoms with Gasteiger partial charge in [-0.3, -0.25) is 19.4 Å². The van der Waals surface area contributed by atoms with Gasteiger partial charge < -0.3 is 19.7 Å². The molecule has 1 aliphatic rings. The van der Waals surface area contributed by atoms with E-state index in [0.717, 1.165) is 26.2 Å². The Morgan fingerprint density at radius 2 is 0.958 bits per heavy atom. The Balaban J connectivity index is 0. The highest BCUT2D eigenvalue weighted by atomic mass is 16.5. The van der Waals surface area contributed by atoms with Crippen molar-refractivity contribution in [3.63, 3.8) is 0 Å². The molecule has 0 aromatic carbocycles. The Hall–Kier alpha value is -2.06. The average molecular weight is 346 g/mol. The predicted octanol–water partition coefficient (Wildman–Crippen LogP) is 1.80. The van der Waals surface area contributed by atoms with Gasteiger partial charge in [-0.2, -0.15) is 0 Å². The fraction of sp³-hybridized carbons (Fsp3) is 0.625. The highest BCUT2D eigenvalue weighted by Crippen LogP contribution is 1.89. The van der Waals surface area contributed by atoms with E-state index in [-0.39, 0.29) is 13.1 Å². The van der Waals surface area contributed by atoms with Gasteiger partial charge in [-0.1, -0.05) is 27.7 Å². The lowest BCUT2D eigenvalue weighted by Crippen LogP contribution is -2.29. The van der Waals surface area contributed by atoms with Crippen molar-refractivity contribution < 1.29 is 29.3 Å². The Morgan fingerprint density at radius 3 is 1.04 bits per heavy atom. The smallest absolute Gasteiger partial charge is 0.317 e. The van der Waals surface area contributed by atoms with Crippen molar-refractivity contribution in [1.29, 1.82) is 0 Å². The van der Waals surface area contributed by atoms with Crippen LogP contribution in [0.3, 0.4) is 0 Å². The topological polar surface area (TPSA) is 99.5 Å². The van der Waals surface area contributed by atoms with Gasteiger partial charge in [0.1, 0.15) is 25.0 Å². The number of carboxylic acids is 2. The summed E-state index contributed by atoms with van der Waals surface area (Å²) in [4.78, 5) is 23.9. The van der Waals surface area contributed by atoms with Crippen molar-refractivity contribution in [3.8, 4) is 0 Å². The van der Waals surface area contributed by atoms with Crippen LogP contribution in [0.15, 0.2) is 25.0 Å². The second-order valence-corrected chi connectivity index (χ2v) is 4.53. The van der Waals surface area contributed by atoms with Gasteiger partial charge in [0.2, 0.25) is 0 Å². The molecule has 0 aromatic rings. The zero-order valence-electron chi connectivity index (χ0n) is 15.0. The first-order valence-corrected chi connectivity index (χ1v) is 7.90. The lowest BCUT2D eigenvalue weighted by atomic mass is 10.5. The molecule has 0 amide bonds. The highest BCUT2D eigenvalue weighted by molar-refractivity contribution is 5.69. The molecule has 140 valence electrons. The summed E-state index contributed by atoms with van der Waals surface area (Å²) in [5, 5.41) is 16.6. The summed E-state index contributed by atoms with van der Waals surface area (Å²) in [6, 6.07) is 0. The quantitative estimate of drug-likeness (QED) is 0.686. The summed E-state index contributed by atoms with van der Waals surface area (Å²) in [5.41, 5.74) is 0. The number of hydrogen-bond donors (Lipinski definition) is 2. The fourth-order valence-electron chi connectivity index (χ4n) is 1.50. The molecule has 1 heterocycles.